The van der Waals surface area contributed by atoms with E-state index in [1.54, 1.807) is 0 Å². The first-order valence-electron chi connectivity index (χ1n) is 27.9. The standard InChI is InChI=1S/C10H17F3.2C10H21N.2C10H20.C9H16F3N.CH4/c1-9(2,3)7-5-4-6-8(7)10(11,12)13;1-5-9-6-8(7-11-9)10(2,3)4;1-5-9-8(6-7-11-9)10(2,3)4;1-8-5-6-9(7-8)10(2,3)4;1-8-6-5-7-9(8)10(2,3)4;1-8(2,3)6-4-7(13-5-6)9(10,11)12;/h7-8H,4-6H2,1-3H3;2*8-9,11H,5-7H2,1-4H3;2*8-9H,5-7H2,1-4H3;6-7,13H,4-5H2,1-3H3;1H4/t;2*8?,9-;;;;/m.11..../s1. The van der Waals surface area contributed by atoms with E-state index in [4.69, 9.17) is 0 Å². The Morgan fingerprint density at radius 1 is 0.406 bits per heavy atom. The normalized spacial score (nSPS) is 32.2. The van der Waals surface area contributed by atoms with E-state index in [1.807, 2.05) is 41.5 Å². The van der Waals surface area contributed by atoms with E-state index < -0.39 is 24.3 Å². The average Bonchev–Trinajstić information content (AvgIpc) is 4.01. The molecule has 3 nitrogen and oxygen atoms in total. The first-order valence-corrected chi connectivity index (χ1v) is 27.9. The molecule has 10 unspecified atom stereocenters. The second kappa shape index (κ2) is 27.8. The number of hydrogen-bond donors (Lipinski definition) is 3. The molecule has 3 N–H and O–H groups in total. The zero-order chi connectivity index (χ0) is 53.1. The van der Waals surface area contributed by atoms with Crippen molar-refractivity contribution >= 4 is 0 Å². The minimum atomic E-state index is -4.08. The van der Waals surface area contributed by atoms with Gasteiger partial charge in [0.2, 0.25) is 0 Å². The van der Waals surface area contributed by atoms with Gasteiger partial charge in [-0.3, -0.25) is 0 Å². The lowest BCUT2D eigenvalue weighted by molar-refractivity contribution is -0.191. The third kappa shape index (κ3) is 24.6. The predicted molar refractivity (Wildman–Crippen MR) is 290 cm³/mol. The van der Waals surface area contributed by atoms with E-state index in [9.17, 15) is 26.3 Å². The van der Waals surface area contributed by atoms with Crippen LogP contribution in [0.3, 0.4) is 0 Å². The van der Waals surface area contributed by atoms with E-state index in [0.29, 0.717) is 34.6 Å². The van der Waals surface area contributed by atoms with Gasteiger partial charge in [0.25, 0.3) is 0 Å². The van der Waals surface area contributed by atoms with Crippen LogP contribution in [0.2, 0.25) is 0 Å². The lowest BCUT2D eigenvalue weighted by Gasteiger charge is -2.33. The molecule has 0 amide bonds. The third-order valence-corrected chi connectivity index (χ3v) is 17.5. The van der Waals surface area contributed by atoms with Crippen molar-refractivity contribution in [1.82, 2.24) is 16.0 Å². The number of halogens is 6. The largest absolute Gasteiger partial charge is 0.403 e. The molecule has 6 aliphatic rings. The van der Waals surface area contributed by atoms with Crippen LogP contribution in [0.4, 0.5) is 26.3 Å². The summed E-state index contributed by atoms with van der Waals surface area (Å²) in [5.41, 5.74) is 1.85. The number of nitrogens with one attached hydrogen (secondary N) is 3. The molecule has 0 aromatic carbocycles. The summed E-state index contributed by atoms with van der Waals surface area (Å²) < 4.78 is 74.4. The molecule has 0 spiro atoms. The fourth-order valence-electron chi connectivity index (χ4n) is 12.5. The molecular weight excluding hydrogens is 877 g/mol. The van der Waals surface area contributed by atoms with Crippen molar-refractivity contribution in [2.45, 2.75) is 280 Å². The van der Waals surface area contributed by atoms with Crippen LogP contribution in [-0.4, -0.2) is 50.1 Å². The Hall–Kier alpha value is -0.540. The molecule has 12 atom stereocenters. The van der Waals surface area contributed by atoms with Gasteiger partial charge in [-0.05, 0) is 164 Å². The van der Waals surface area contributed by atoms with Crippen LogP contribution in [0.5, 0.6) is 0 Å². The second-order valence-corrected chi connectivity index (χ2v) is 29.3. The summed E-state index contributed by atoms with van der Waals surface area (Å²) in [7, 11) is 0. The Labute approximate surface area is 426 Å². The number of rotatable bonds is 2. The number of hydrogen-bond acceptors (Lipinski definition) is 3. The van der Waals surface area contributed by atoms with Gasteiger partial charge < -0.3 is 16.0 Å². The molecule has 6 fully saturated rings. The number of alkyl halides is 6. The van der Waals surface area contributed by atoms with Crippen molar-refractivity contribution < 1.29 is 26.3 Å². The SMILES string of the molecule is C.CC(C)(C)C1CCCC1C(F)(F)F.CC(C)(C)C1CNC(C(F)(F)F)C1.CC1CCC(C(C)(C)C)C1.CC1CCCC1C(C)(C)C.CC[C@@H]1CC(C(C)(C)C)CN1.CC[C@H]1NCCC1C(C)(C)C. The smallest absolute Gasteiger partial charge is 0.314 e. The molecule has 416 valence electrons. The topological polar surface area (TPSA) is 36.1 Å². The molecule has 69 heavy (non-hydrogen) atoms. The Morgan fingerprint density at radius 2 is 0.855 bits per heavy atom. The van der Waals surface area contributed by atoms with E-state index in [-0.39, 0.29) is 36.5 Å². The van der Waals surface area contributed by atoms with Gasteiger partial charge in [0.1, 0.15) is 6.04 Å². The van der Waals surface area contributed by atoms with Crippen molar-refractivity contribution in [3.8, 4) is 0 Å². The third-order valence-electron chi connectivity index (χ3n) is 17.5. The van der Waals surface area contributed by atoms with Crippen LogP contribution in [0.15, 0.2) is 0 Å². The van der Waals surface area contributed by atoms with Gasteiger partial charge >= 0.3 is 12.4 Å². The van der Waals surface area contributed by atoms with Crippen LogP contribution in [-0.2, 0) is 0 Å². The maximum absolute atomic E-state index is 12.5. The monoisotopic (exact) mass is 996 g/mol. The van der Waals surface area contributed by atoms with Crippen molar-refractivity contribution in [2.24, 2.45) is 85.8 Å². The molecule has 3 saturated carbocycles. The highest BCUT2D eigenvalue weighted by Crippen LogP contribution is 2.50. The predicted octanol–water partition coefficient (Wildman–Crippen LogP) is 19.0. The fraction of sp³-hybridized carbons (Fsp3) is 1.00. The van der Waals surface area contributed by atoms with E-state index in [2.05, 4.69) is 127 Å². The van der Waals surface area contributed by atoms with Crippen LogP contribution in [0.25, 0.3) is 0 Å². The fourth-order valence-corrected chi connectivity index (χ4v) is 12.5. The Balaban J connectivity index is 0.000000804. The van der Waals surface area contributed by atoms with Gasteiger partial charge in [-0.15, -0.1) is 0 Å². The highest BCUT2D eigenvalue weighted by molar-refractivity contribution is 4.93. The summed E-state index contributed by atoms with van der Waals surface area (Å²) in [5.74, 6) is 4.57. The van der Waals surface area contributed by atoms with Crippen molar-refractivity contribution in [1.29, 1.82) is 0 Å². The molecule has 0 aromatic heterocycles. The van der Waals surface area contributed by atoms with Crippen molar-refractivity contribution in [3.05, 3.63) is 0 Å². The summed E-state index contributed by atoms with van der Waals surface area (Å²) in [6.07, 6.45) is 8.00. The molecule has 3 heterocycles. The molecule has 6 rings (SSSR count). The van der Waals surface area contributed by atoms with E-state index in [0.717, 1.165) is 60.4 Å². The van der Waals surface area contributed by atoms with Crippen LogP contribution < -0.4 is 16.0 Å². The molecule has 0 radical (unpaired) electrons. The minimum Gasteiger partial charge on any atom is -0.314 e. The summed E-state index contributed by atoms with van der Waals surface area (Å²) in [5, 5.41) is 9.65. The summed E-state index contributed by atoms with van der Waals surface area (Å²) in [6, 6.07) is 0.269. The van der Waals surface area contributed by atoms with Gasteiger partial charge in [-0.25, -0.2) is 0 Å². The molecule has 0 aromatic rings. The molecule has 0 bridgehead atoms. The maximum atomic E-state index is 12.5. The van der Waals surface area contributed by atoms with Gasteiger partial charge in [0.05, 0.1) is 5.92 Å². The van der Waals surface area contributed by atoms with Crippen molar-refractivity contribution in [3.63, 3.8) is 0 Å². The summed E-state index contributed by atoms with van der Waals surface area (Å²) in [4.78, 5) is 0. The van der Waals surface area contributed by atoms with Gasteiger partial charge in [-0.2, -0.15) is 26.3 Å². The first kappa shape index (κ1) is 68.5. The van der Waals surface area contributed by atoms with Crippen molar-refractivity contribution in [2.75, 3.05) is 19.6 Å². The van der Waals surface area contributed by atoms with Crippen LogP contribution in [0, 0.1) is 85.8 Å². The molecule has 9 heteroatoms. The zero-order valence-electron chi connectivity index (χ0n) is 48.7. The maximum Gasteiger partial charge on any atom is 0.403 e. The highest BCUT2D eigenvalue weighted by Gasteiger charge is 2.50. The Kier molecular flexibility index (Phi) is 27.6. The Bertz CT molecular complexity index is 1320. The lowest BCUT2D eigenvalue weighted by atomic mass is 9.74. The minimum absolute atomic E-state index is 0. The van der Waals surface area contributed by atoms with Gasteiger partial charge in [0, 0.05) is 12.1 Å². The van der Waals surface area contributed by atoms with E-state index >= 15 is 0 Å². The molecule has 3 saturated heterocycles. The second-order valence-electron chi connectivity index (χ2n) is 29.3. The summed E-state index contributed by atoms with van der Waals surface area (Å²) >= 11 is 0. The average molecular weight is 997 g/mol. The molecular formula is C60H119F6N3. The zero-order valence-corrected chi connectivity index (χ0v) is 48.7. The molecule has 3 aliphatic heterocycles. The van der Waals surface area contributed by atoms with Crippen LogP contribution in [0.1, 0.15) is 250 Å². The first-order chi connectivity index (χ1) is 30.5. The summed E-state index contributed by atoms with van der Waals surface area (Å²) in [6.45, 7) is 52.3. The molecule has 3 aliphatic carbocycles. The highest BCUT2D eigenvalue weighted by atomic mass is 19.4. The quantitative estimate of drug-likeness (QED) is 0.241. The lowest BCUT2D eigenvalue weighted by Crippen LogP contribution is -2.36. The Morgan fingerprint density at radius 3 is 1.12 bits per heavy atom. The van der Waals surface area contributed by atoms with Crippen LogP contribution >= 0.6 is 0 Å². The van der Waals surface area contributed by atoms with Gasteiger partial charge in [-0.1, -0.05) is 185 Å². The van der Waals surface area contributed by atoms with Gasteiger partial charge in [0.15, 0.2) is 0 Å². The van der Waals surface area contributed by atoms with E-state index in [1.165, 1.54) is 77.3 Å².